The number of esters is 1. The molecule has 0 radical (unpaired) electrons. The number of methoxy groups -OCH3 is 1. The number of aliphatic hydroxyl groups is 1. The molecule has 43 heavy (non-hydrogen) atoms. The summed E-state index contributed by atoms with van der Waals surface area (Å²) in [6.07, 6.45) is 5.45. The van der Waals surface area contributed by atoms with Crippen LogP contribution in [0, 0.1) is 39.9 Å². The number of halogens is 2. The maximum absolute atomic E-state index is 18.0. The second-order valence-corrected chi connectivity index (χ2v) is 13.6. The van der Waals surface area contributed by atoms with Crippen molar-refractivity contribution in [2.75, 3.05) is 19.5 Å². The van der Waals surface area contributed by atoms with Crippen molar-refractivity contribution in [1.29, 1.82) is 5.26 Å². The fraction of sp³-hybridized carbons (Fsp3) is 0.581. The molecule has 3 saturated carbocycles. The monoisotopic (exact) mass is 612 g/mol. The molecule has 0 aromatic carbocycles. The lowest BCUT2D eigenvalue weighted by Gasteiger charge is -2.63. The lowest BCUT2D eigenvalue weighted by Crippen LogP contribution is -2.70. The van der Waals surface area contributed by atoms with E-state index in [0.29, 0.717) is 31.4 Å². The average molecular weight is 613 g/mol. The van der Waals surface area contributed by atoms with Crippen molar-refractivity contribution in [3.8, 4) is 11.8 Å². The molecule has 2 aromatic heterocycles. The molecular formula is C31H34F2N4O5S. The molecule has 1 N–H and O–H groups in total. The number of hydrogen-bond acceptors (Lipinski definition) is 9. The number of nitriles is 1. The van der Waals surface area contributed by atoms with Gasteiger partial charge in [-0.15, -0.1) is 0 Å². The highest BCUT2D eigenvalue weighted by Crippen LogP contribution is 2.71. The summed E-state index contributed by atoms with van der Waals surface area (Å²) >= 11 is 0.790. The second kappa shape index (κ2) is 10.5. The van der Waals surface area contributed by atoms with Crippen LogP contribution >= 0.6 is 11.8 Å². The number of aromatic nitrogens is 3. The van der Waals surface area contributed by atoms with Gasteiger partial charge in [-0.25, -0.2) is 18.9 Å². The van der Waals surface area contributed by atoms with E-state index in [9.17, 15) is 19.1 Å². The third-order valence-electron chi connectivity index (χ3n) is 10.8. The smallest absolute Gasteiger partial charge is 0.333 e. The second-order valence-electron chi connectivity index (χ2n) is 12.6. The first-order chi connectivity index (χ1) is 20.4. The van der Waals surface area contributed by atoms with Gasteiger partial charge in [0, 0.05) is 23.9 Å². The highest BCUT2D eigenvalue weighted by Gasteiger charge is 2.76. The van der Waals surface area contributed by atoms with Crippen molar-refractivity contribution in [2.45, 2.75) is 69.7 Å². The number of carbonyl (C=O) groups excluding carboxylic acids is 2. The Balaban J connectivity index is 1.38. The number of ether oxygens (including phenoxy) is 2. The minimum atomic E-state index is -2.02. The van der Waals surface area contributed by atoms with Gasteiger partial charge in [-0.2, -0.15) is 14.8 Å². The highest BCUT2D eigenvalue weighted by atomic mass is 32.2. The Kier molecular flexibility index (Phi) is 7.30. The Morgan fingerprint density at radius 1 is 1.26 bits per heavy atom. The van der Waals surface area contributed by atoms with Gasteiger partial charge < -0.3 is 14.6 Å². The number of rotatable bonds is 6. The molecule has 0 saturated heterocycles. The molecule has 9 nitrogen and oxygen atoms in total. The lowest BCUT2D eigenvalue weighted by molar-refractivity contribution is -0.229. The van der Waals surface area contributed by atoms with Crippen LogP contribution in [-0.2, 0) is 25.5 Å². The van der Waals surface area contributed by atoms with Gasteiger partial charge in [0.15, 0.2) is 5.60 Å². The summed E-state index contributed by atoms with van der Waals surface area (Å²) < 4.78 is 44.0. The number of alkyl halides is 1. The predicted molar refractivity (Wildman–Crippen MR) is 153 cm³/mol. The van der Waals surface area contributed by atoms with Gasteiger partial charge in [-0.1, -0.05) is 31.2 Å². The maximum Gasteiger partial charge on any atom is 0.333 e. The third-order valence-corrected chi connectivity index (χ3v) is 11.7. The van der Waals surface area contributed by atoms with Crippen LogP contribution in [0.15, 0.2) is 30.1 Å². The molecule has 0 aliphatic heterocycles. The number of hydrogen-bond donors (Lipinski definition) is 1. The van der Waals surface area contributed by atoms with Crippen molar-refractivity contribution in [2.24, 2.45) is 22.7 Å². The molecule has 2 aromatic rings. The van der Waals surface area contributed by atoms with Crippen molar-refractivity contribution in [1.82, 2.24) is 14.8 Å². The number of allylic oxidation sites excluding steroid dienone is 1. The third kappa shape index (κ3) is 4.15. The normalized spacial score (nSPS) is 35.9. The van der Waals surface area contributed by atoms with Crippen molar-refractivity contribution < 1.29 is 33.0 Å². The summed E-state index contributed by atoms with van der Waals surface area (Å²) in [5, 5.41) is 25.1. The zero-order valence-electron chi connectivity index (χ0n) is 24.3. The topological polar surface area (TPSA) is 127 Å². The Morgan fingerprint density at radius 2 is 2.05 bits per heavy atom. The summed E-state index contributed by atoms with van der Waals surface area (Å²) in [7, 11) is 1.35. The minimum Gasteiger partial charge on any atom is -0.448 e. The number of fused-ring (bicyclic) bond motifs is 6. The molecule has 2 heterocycles. The summed E-state index contributed by atoms with van der Waals surface area (Å²) in [5.41, 5.74) is -2.68. The molecule has 0 spiro atoms. The fourth-order valence-corrected chi connectivity index (χ4v) is 9.65. The molecule has 0 unspecified atom stereocenters. The zero-order valence-corrected chi connectivity index (χ0v) is 25.1. The summed E-state index contributed by atoms with van der Waals surface area (Å²) in [6.45, 7) is 3.34. The molecule has 4 aliphatic rings. The van der Waals surface area contributed by atoms with E-state index < -0.39 is 51.2 Å². The molecule has 0 bridgehead atoms. The van der Waals surface area contributed by atoms with Gasteiger partial charge in [0.2, 0.25) is 11.1 Å². The van der Waals surface area contributed by atoms with Crippen LogP contribution < -0.4 is 0 Å². The largest absolute Gasteiger partial charge is 0.448 e. The predicted octanol–water partition coefficient (Wildman–Crippen LogP) is 4.36. The number of thioether (sulfide) groups is 1. The zero-order chi connectivity index (χ0) is 30.8. The van der Waals surface area contributed by atoms with Gasteiger partial charge in [-0.3, -0.25) is 4.79 Å². The van der Waals surface area contributed by atoms with Crippen LogP contribution in [0.1, 0.15) is 57.2 Å². The van der Waals surface area contributed by atoms with Crippen molar-refractivity contribution in [3.63, 3.8) is 0 Å². The van der Waals surface area contributed by atoms with Crippen LogP contribution in [0.5, 0.6) is 0 Å². The number of nitrogens with zero attached hydrogens (tertiary/aromatic N) is 4. The minimum absolute atomic E-state index is 0.0833. The van der Waals surface area contributed by atoms with E-state index in [0.717, 1.165) is 28.6 Å². The van der Waals surface area contributed by atoms with Crippen molar-refractivity contribution >= 4 is 28.9 Å². The molecule has 228 valence electrons. The lowest BCUT2D eigenvalue weighted by atomic mass is 9.44. The van der Waals surface area contributed by atoms with E-state index in [1.165, 1.54) is 19.4 Å². The highest BCUT2D eigenvalue weighted by molar-refractivity contribution is 8.14. The quantitative estimate of drug-likeness (QED) is 0.374. The first-order valence-electron chi connectivity index (χ1n) is 14.5. The van der Waals surface area contributed by atoms with Crippen LogP contribution in [0.3, 0.4) is 0 Å². The van der Waals surface area contributed by atoms with E-state index in [-0.39, 0.29) is 31.1 Å². The molecule has 3 fully saturated rings. The Bertz CT molecular complexity index is 1540. The molecule has 12 heteroatoms. The molecule has 7 atom stereocenters. The van der Waals surface area contributed by atoms with E-state index in [4.69, 9.17) is 14.7 Å². The van der Waals surface area contributed by atoms with Crippen LogP contribution in [-0.4, -0.2) is 67.8 Å². The van der Waals surface area contributed by atoms with Gasteiger partial charge in [-0.05, 0) is 68.2 Å². The van der Waals surface area contributed by atoms with Crippen LogP contribution in [0.4, 0.5) is 8.78 Å². The SMILES string of the molecule is COCC(=O)O[C@]1(C(=O)SCC#N)CC[C@H]2[C@@H]3CCC4=Cc5c(cnn5-c5ccc(F)nc5)C[C@]4(C)[C@@]3(F)[C@@H](O)C[C@@]21C. The Hall–Kier alpha value is -3.14. The maximum atomic E-state index is 18.0. The van der Waals surface area contributed by atoms with Gasteiger partial charge in [0.1, 0.15) is 12.3 Å². The molecule has 4 aliphatic carbocycles. The summed E-state index contributed by atoms with van der Waals surface area (Å²) in [5.74, 6) is -2.37. The molecular weight excluding hydrogens is 578 g/mol. The van der Waals surface area contributed by atoms with E-state index in [1.807, 2.05) is 26.0 Å². The van der Waals surface area contributed by atoms with Crippen LogP contribution in [0.25, 0.3) is 11.8 Å². The fourth-order valence-electron chi connectivity index (χ4n) is 8.84. The van der Waals surface area contributed by atoms with Crippen molar-refractivity contribution in [3.05, 3.63) is 47.3 Å². The number of pyridine rings is 1. The Morgan fingerprint density at radius 3 is 2.74 bits per heavy atom. The van der Waals surface area contributed by atoms with Gasteiger partial charge in [0.05, 0.1) is 41.7 Å². The average Bonchev–Trinajstić information content (AvgIpc) is 3.50. The standard InChI is InChI=1S/C31H34F2N4O5S/c1-28-13-18-15-36-37(20-5-7-25(32)35-16-20)23(18)12-19(28)4-6-22-21-8-9-30(27(40)43-11-10-34,42-26(39)17-41-3)29(21,2)14-24(38)31(22,28)33/h5,7,12,15-16,21-22,24,38H,4,6,8-9,11,13-14,17H2,1-3H3/t21-,22-,24-,28-,29-,30-,31-/m0/s1. The van der Waals surface area contributed by atoms with E-state index >= 15 is 4.39 Å². The van der Waals surface area contributed by atoms with E-state index in [1.54, 1.807) is 16.9 Å². The van der Waals surface area contributed by atoms with Crippen LogP contribution in [0.2, 0.25) is 0 Å². The summed E-state index contributed by atoms with van der Waals surface area (Å²) in [6, 6.07) is 4.80. The summed E-state index contributed by atoms with van der Waals surface area (Å²) in [4.78, 5) is 30.2. The molecule has 0 amide bonds. The molecule has 6 rings (SSSR count). The van der Waals surface area contributed by atoms with Gasteiger partial charge in [0.25, 0.3) is 0 Å². The first-order valence-corrected chi connectivity index (χ1v) is 15.5. The number of carbonyl (C=O) groups is 2. The first kappa shape index (κ1) is 29.9. The van der Waals surface area contributed by atoms with E-state index in [2.05, 4.69) is 10.1 Å². The Labute approximate surface area is 252 Å². The van der Waals surface area contributed by atoms with Gasteiger partial charge >= 0.3 is 5.97 Å². The number of aliphatic hydroxyl groups excluding tert-OH is 1.